The van der Waals surface area contributed by atoms with E-state index in [1.54, 1.807) is 24.3 Å². The molecule has 2 rings (SSSR count). The standard InChI is InChI=1S/C19H26N2O4S/c1-3-5-7-10-19(22)20-17-15-16(11-12-18(17)25-4-2)26(23,24)21-13-8-6-9-14-21/h3,5,7,10-12,15H,4,6,8-9,13-14H2,1-2H3,(H,20,22)/b5-3+,10-7+. The Labute approximate surface area is 155 Å². The maximum absolute atomic E-state index is 12.9. The van der Waals surface area contributed by atoms with Crippen molar-refractivity contribution in [3.8, 4) is 5.75 Å². The van der Waals surface area contributed by atoms with Crippen molar-refractivity contribution in [2.75, 3.05) is 25.0 Å². The fourth-order valence-electron chi connectivity index (χ4n) is 2.73. The molecule has 0 radical (unpaired) electrons. The van der Waals surface area contributed by atoms with Crippen LogP contribution in [0.25, 0.3) is 0 Å². The molecular formula is C19H26N2O4S. The van der Waals surface area contributed by atoms with E-state index in [4.69, 9.17) is 4.74 Å². The van der Waals surface area contributed by atoms with E-state index in [-0.39, 0.29) is 10.8 Å². The summed E-state index contributed by atoms with van der Waals surface area (Å²) in [6.07, 6.45) is 9.33. The molecule has 1 aliphatic rings. The van der Waals surface area contributed by atoms with Crippen molar-refractivity contribution in [2.24, 2.45) is 0 Å². The zero-order chi connectivity index (χ0) is 19.0. The molecule has 0 aromatic heterocycles. The molecular weight excluding hydrogens is 352 g/mol. The van der Waals surface area contributed by atoms with Crippen molar-refractivity contribution < 1.29 is 17.9 Å². The van der Waals surface area contributed by atoms with Crippen LogP contribution in [0.15, 0.2) is 47.4 Å². The van der Waals surface area contributed by atoms with Crippen molar-refractivity contribution in [3.63, 3.8) is 0 Å². The summed E-state index contributed by atoms with van der Waals surface area (Å²) in [6, 6.07) is 4.59. The van der Waals surface area contributed by atoms with Crippen LogP contribution in [-0.4, -0.2) is 38.3 Å². The van der Waals surface area contributed by atoms with Crippen LogP contribution in [0.3, 0.4) is 0 Å². The first-order chi connectivity index (χ1) is 12.5. The van der Waals surface area contributed by atoms with E-state index in [9.17, 15) is 13.2 Å². The van der Waals surface area contributed by atoms with Crippen LogP contribution in [0, 0.1) is 0 Å². The van der Waals surface area contributed by atoms with Crippen LogP contribution in [0.1, 0.15) is 33.1 Å². The molecule has 142 valence electrons. The molecule has 1 heterocycles. The van der Waals surface area contributed by atoms with E-state index >= 15 is 0 Å². The SMILES string of the molecule is C/C=C/C=C/C(=O)Nc1cc(S(=O)(=O)N2CCCCC2)ccc1OCC. The number of carbonyl (C=O) groups excluding carboxylic acids is 1. The molecule has 0 spiro atoms. The highest BCUT2D eigenvalue weighted by atomic mass is 32.2. The highest BCUT2D eigenvalue weighted by Gasteiger charge is 2.26. The van der Waals surface area contributed by atoms with Gasteiger partial charge in [-0.25, -0.2) is 8.42 Å². The zero-order valence-electron chi connectivity index (χ0n) is 15.3. The van der Waals surface area contributed by atoms with Crippen LogP contribution in [-0.2, 0) is 14.8 Å². The predicted molar refractivity (Wildman–Crippen MR) is 103 cm³/mol. The lowest BCUT2D eigenvalue weighted by molar-refractivity contribution is -0.111. The van der Waals surface area contributed by atoms with E-state index < -0.39 is 10.0 Å². The number of rotatable bonds is 7. The molecule has 1 fully saturated rings. The average molecular weight is 378 g/mol. The number of amides is 1. The molecule has 1 saturated heterocycles. The molecule has 7 heteroatoms. The Bertz CT molecular complexity index is 779. The van der Waals surface area contributed by atoms with Crippen molar-refractivity contribution >= 4 is 21.6 Å². The van der Waals surface area contributed by atoms with Crippen molar-refractivity contribution in [3.05, 3.63) is 42.5 Å². The first kappa shape index (κ1) is 20.2. The third-order valence-corrected chi connectivity index (χ3v) is 5.91. The Morgan fingerprint density at radius 3 is 2.62 bits per heavy atom. The fourth-order valence-corrected chi connectivity index (χ4v) is 4.28. The number of allylic oxidation sites excluding steroid dienone is 3. The maximum Gasteiger partial charge on any atom is 0.248 e. The summed E-state index contributed by atoms with van der Waals surface area (Å²) < 4.78 is 32.7. The van der Waals surface area contributed by atoms with Gasteiger partial charge in [-0.3, -0.25) is 4.79 Å². The molecule has 6 nitrogen and oxygen atoms in total. The van der Waals surface area contributed by atoms with Gasteiger partial charge >= 0.3 is 0 Å². The summed E-state index contributed by atoms with van der Waals surface area (Å²) in [5, 5.41) is 2.70. The molecule has 26 heavy (non-hydrogen) atoms. The first-order valence-corrected chi connectivity index (χ1v) is 10.3. The smallest absolute Gasteiger partial charge is 0.248 e. The minimum absolute atomic E-state index is 0.163. The predicted octanol–water partition coefficient (Wildman–Crippen LogP) is 3.33. The number of piperidine rings is 1. The van der Waals surface area contributed by atoms with Crippen LogP contribution in [0.4, 0.5) is 5.69 Å². The normalized spacial score (nSPS) is 16.2. The van der Waals surface area contributed by atoms with Crippen molar-refractivity contribution in [1.82, 2.24) is 4.31 Å². The Balaban J connectivity index is 2.30. The molecule has 0 bridgehead atoms. The second-order valence-corrected chi connectivity index (χ2v) is 7.87. The number of hydrogen-bond donors (Lipinski definition) is 1. The van der Waals surface area contributed by atoms with Gasteiger partial charge in [0, 0.05) is 19.2 Å². The van der Waals surface area contributed by atoms with Gasteiger partial charge in [-0.05, 0) is 44.9 Å². The van der Waals surface area contributed by atoms with Gasteiger partial charge in [0.25, 0.3) is 0 Å². The Kier molecular flexibility index (Phi) is 7.41. The van der Waals surface area contributed by atoms with Crippen molar-refractivity contribution in [2.45, 2.75) is 38.0 Å². The van der Waals surface area contributed by atoms with E-state index in [1.165, 1.54) is 22.5 Å². The Morgan fingerprint density at radius 2 is 1.96 bits per heavy atom. The minimum Gasteiger partial charge on any atom is -0.492 e. The molecule has 0 atom stereocenters. The molecule has 1 aromatic carbocycles. The lowest BCUT2D eigenvalue weighted by atomic mass is 10.2. The number of nitrogens with zero attached hydrogens (tertiary/aromatic N) is 1. The quantitative estimate of drug-likeness (QED) is 0.583. The molecule has 0 aliphatic carbocycles. The minimum atomic E-state index is -3.58. The third-order valence-electron chi connectivity index (χ3n) is 4.01. The summed E-state index contributed by atoms with van der Waals surface area (Å²) in [5.41, 5.74) is 0.347. The molecule has 1 aromatic rings. The monoisotopic (exact) mass is 378 g/mol. The lowest BCUT2D eigenvalue weighted by Gasteiger charge is -2.26. The Morgan fingerprint density at radius 1 is 1.23 bits per heavy atom. The van der Waals surface area contributed by atoms with Gasteiger partial charge < -0.3 is 10.1 Å². The molecule has 0 saturated carbocycles. The maximum atomic E-state index is 12.9. The van der Waals surface area contributed by atoms with Gasteiger partial charge in [0.05, 0.1) is 17.2 Å². The van der Waals surface area contributed by atoms with Gasteiger partial charge in [-0.15, -0.1) is 0 Å². The topological polar surface area (TPSA) is 75.7 Å². The van der Waals surface area contributed by atoms with E-state index in [0.29, 0.717) is 31.1 Å². The van der Waals surface area contributed by atoms with E-state index in [2.05, 4.69) is 5.32 Å². The largest absolute Gasteiger partial charge is 0.492 e. The number of hydrogen-bond acceptors (Lipinski definition) is 4. The molecule has 1 N–H and O–H groups in total. The number of carbonyl (C=O) groups is 1. The fraction of sp³-hybridized carbons (Fsp3) is 0.421. The third kappa shape index (κ3) is 5.19. The molecule has 1 aliphatic heterocycles. The van der Waals surface area contributed by atoms with Crippen molar-refractivity contribution in [1.29, 1.82) is 0 Å². The van der Waals surface area contributed by atoms with Gasteiger partial charge in [0.1, 0.15) is 5.75 Å². The van der Waals surface area contributed by atoms with Crippen LogP contribution < -0.4 is 10.1 Å². The van der Waals surface area contributed by atoms with Crippen LogP contribution in [0.2, 0.25) is 0 Å². The molecule has 0 unspecified atom stereocenters. The number of benzene rings is 1. The van der Waals surface area contributed by atoms with E-state index in [0.717, 1.165) is 19.3 Å². The number of anilines is 1. The average Bonchev–Trinajstić information content (AvgIpc) is 2.64. The summed E-state index contributed by atoms with van der Waals surface area (Å²) in [5.74, 6) is 0.0921. The highest BCUT2D eigenvalue weighted by molar-refractivity contribution is 7.89. The van der Waals surface area contributed by atoms with Gasteiger partial charge in [-0.1, -0.05) is 24.6 Å². The summed E-state index contributed by atoms with van der Waals surface area (Å²) in [6.45, 7) is 5.16. The lowest BCUT2D eigenvalue weighted by Crippen LogP contribution is -2.35. The summed E-state index contributed by atoms with van der Waals surface area (Å²) in [7, 11) is -3.58. The Hall–Kier alpha value is -2.12. The van der Waals surface area contributed by atoms with Gasteiger partial charge in [-0.2, -0.15) is 4.31 Å². The van der Waals surface area contributed by atoms with Gasteiger partial charge in [0.15, 0.2) is 0 Å². The van der Waals surface area contributed by atoms with Crippen LogP contribution >= 0.6 is 0 Å². The number of ether oxygens (including phenoxy) is 1. The second kappa shape index (κ2) is 9.54. The summed E-state index contributed by atoms with van der Waals surface area (Å²) in [4.78, 5) is 12.2. The van der Waals surface area contributed by atoms with E-state index in [1.807, 2.05) is 13.8 Å². The summed E-state index contributed by atoms with van der Waals surface area (Å²) >= 11 is 0. The van der Waals surface area contributed by atoms with Gasteiger partial charge in [0.2, 0.25) is 15.9 Å². The highest BCUT2D eigenvalue weighted by Crippen LogP contribution is 2.30. The number of sulfonamides is 1. The second-order valence-electron chi connectivity index (χ2n) is 5.93. The zero-order valence-corrected chi connectivity index (χ0v) is 16.1. The number of nitrogens with one attached hydrogen (secondary N) is 1. The first-order valence-electron chi connectivity index (χ1n) is 8.86. The van der Waals surface area contributed by atoms with Crippen LogP contribution in [0.5, 0.6) is 5.75 Å². The molecule has 1 amide bonds.